The van der Waals surface area contributed by atoms with Crippen LogP contribution < -0.4 is 0 Å². The number of nitrogens with zero attached hydrogens (tertiary/aromatic N) is 1. The minimum absolute atomic E-state index is 0.995. The topological polar surface area (TPSA) is 4.93 Å². The summed E-state index contributed by atoms with van der Waals surface area (Å²) in [4.78, 5) is 0. The Labute approximate surface area is 156 Å². The number of fused-ring (bicyclic) bond motifs is 3. The highest BCUT2D eigenvalue weighted by Crippen LogP contribution is 2.36. The van der Waals surface area contributed by atoms with Crippen molar-refractivity contribution in [3.8, 4) is 11.1 Å². The molecule has 4 rings (SSSR count). The van der Waals surface area contributed by atoms with Crippen LogP contribution in [0.2, 0.25) is 0 Å². The highest BCUT2D eigenvalue weighted by atomic mass is 15.0. The van der Waals surface area contributed by atoms with Gasteiger partial charge in [-0.2, -0.15) is 0 Å². The molecule has 1 heteroatoms. The molecule has 0 amide bonds. The zero-order chi connectivity index (χ0) is 18.1. The average molecular weight is 341 g/mol. The fourth-order valence-corrected chi connectivity index (χ4v) is 4.13. The molecule has 0 spiro atoms. The van der Waals surface area contributed by atoms with E-state index in [9.17, 15) is 0 Å². The number of aromatic nitrogens is 1. The van der Waals surface area contributed by atoms with E-state index in [0.717, 1.165) is 13.0 Å². The Hall–Kier alpha value is -2.54. The van der Waals surface area contributed by atoms with Crippen LogP contribution >= 0.6 is 0 Å². The second kappa shape index (κ2) is 6.99. The van der Waals surface area contributed by atoms with Gasteiger partial charge >= 0.3 is 0 Å². The van der Waals surface area contributed by atoms with Gasteiger partial charge in [0.1, 0.15) is 0 Å². The van der Waals surface area contributed by atoms with Crippen molar-refractivity contribution in [1.29, 1.82) is 0 Å². The Bertz CT molecular complexity index is 1050. The van der Waals surface area contributed by atoms with E-state index in [0.29, 0.717) is 0 Å². The number of hydrogen-bond donors (Lipinski definition) is 0. The first-order valence-corrected chi connectivity index (χ1v) is 9.83. The lowest BCUT2D eigenvalue weighted by Crippen LogP contribution is -1.95. The Kier molecular flexibility index (Phi) is 4.55. The molecular formula is C25H27N. The molecule has 0 fully saturated rings. The van der Waals surface area contributed by atoms with Crippen LogP contribution in [0.5, 0.6) is 0 Å². The summed E-state index contributed by atoms with van der Waals surface area (Å²) < 4.78 is 2.48. The van der Waals surface area contributed by atoms with Crippen LogP contribution in [0.15, 0.2) is 60.7 Å². The Balaban J connectivity index is 2.08. The first-order valence-electron chi connectivity index (χ1n) is 9.83. The zero-order valence-corrected chi connectivity index (χ0v) is 16.0. The van der Waals surface area contributed by atoms with Crippen molar-refractivity contribution >= 4 is 21.8 Å². The first kappa shape index (κ1) is 16.9. The molecule has 1 heterocycles. The molecule has 4 aromatic rings. The summed E-state index contributed by atoms with van der Waals surface area (Å²) in [5.41, 5.74) is 8.19. The molecule has 0 atom stereocenters. The van der Waals surface area contributed by atoms with E-state index in [4.69, 9.17) is 0 Å². The molecule has 26 heavy (non-hydrogen) atoms. The highest BCUT2D eigenvalue weighted by Gasteiger charge is 2.15. The summed E-state index contributed by atoms with van der Waals surface area (Å²) in [6.07, 6.45) is 3.60. The van der Waals surface area contributed by atoms with E-state index in [-0.39, 0.29) is 0 Å². The third-order valence-corrected chi connectivity index (χ3v) is 5.43. The van der Waals surface area contributed by atoms with Crippen LogP contribution in [-0.4, -0.2) is 4.57 Å². The molecule has 0 N–H and O–H groups in total. The summed E-state index contributed by atoms with van der Waals surface area (Å²) in [6.45, 7) is 7.71. The Morgan fingerprint density at radius 1 is 0.808 bits per heavy atom. The summed E-state index contributed by atoms with van der Waals surface area (Å²) in [6, 6.07) is 22.5. The van der Waals surface area contributed by atoms with Crippen molar-refractivity contribution in [2.24, 2.45) is 0 Å². The van der Waals surface area contributed by atoms with Crippen molar-refractivity contribution in [3.63, 3.8) is 0 Å². The maximum Gasteiger partial charge on any atom is 0.0500 e. The van der Waals surface area contributed by atoms with Gasteiger partial charge < -0.3 is 4.57 Å². The maximum atomic E-state index is 2.48. The van der Waals surface area contributed by atoms with Crippen molar-refractivity contribution in [3.05, 3.63) is 71.8 Å². The van der Waals surface area contributed by atoms with Crippen molar-refractivity contribution in [2.75, 3.05) is 0 Å². The van der Waals surface area contributed by atoms with E-state index in [1.807, 2.05) is 0 Å². The second-order valence-corrected chi connectivity index (χ2v) is 7.26. The van der Waals surface area contributed by atoms with Crippen molar-refractivity contribution in [1.82, 2.24) is 4.57 Å². The minimum atomic E-state index is 0.995. The molecule has 132 valence electrons. The van der Waals surface area contributed by atoms with Gasteiger partial charge in [-0.15, -0.1) is 0 Å². The smallest absolute Gasteiger partial charge is 0.0500 e. The molecular weight excluding hydrogens is 314 g/mol. The van der Waals surface area contributed by atoms with Gasteiger partial charge in [0.15, 0.2) is 0 Å². The third kappa shape index (κ3) is 2.82. The number of hydrogen-bond acceptors (Lipinski definition) is 0. The van der Waals surface area contributed by atoms with E-state index >= 15 is 0 Å². The van der Waals surface area contributed by atoms with Gasteiger partial charge in [0.25, 0.3) is 0 Å². The molecule has 3 aromatic carbocycles. The van der Waals surface area contributed by atoms with Gasteiger partial charge in [-0.05, 0) is 61.6 Å². The molecule has 1 aromatic heterocycles. The van der Waals surface area contributed by atoms with Crippen LogP contribution in [0.3, 0.4) is 0 Å². The predicted octanol–water partition coefficient (Wildman–Crippen LogP) is 7.13. The Morgan fingerprint density at radius 3 is 2.35 bits per heavy atom. The van der Waals surface area contributed by atoms with E-state index in [2.05, 4.69) is 86.0 Å². The van der Waals surface area contributed by atoms with Gasteiger partial charge in [0.2, 0.25) is 0 Å². The standard InChI is InChI=1S/C25H27N/c1-4-6-10-20-16-21(19-11-8-7-9-12-19)17-24-25(20)22-15-18(3)13-14-23(22)26(24)5-2/h7-9,11-17H,4-6,10H2,1-3H3. The lowest BCUT2D eigenvalue weighted by atomic mass is 9.95. The van der Waals surface area contributed by atoms with Crippen LogP contribution in [0.25, 0.3) is 32.9 Å². The molecule has 1 nitrogen and oxygen atoms in total. The SMILES string of the molecule is CCCCc1cc(-c2ccccc2)cc2c1c1cc(C)ccc1n2CC. The number of benzene rings is 3. The summed E-state index contributed by atoms with van der Waals surface area (Å²) in [7, 11) is 0. The van der Waals surface area contributed by atoms with E-state index in [1.165, 1.54) is 56.9 Å². The lowest BCUT2D eigenvalue weighted by molar-refractivity contribution is 0.798. The monoisotopic (exact) mass is 341 g/mol. The van der Waals surface area contributed by atoms with Gasteiger partial charge in [0, 0.05) is 28.4 Å². The first-order chi connectivity index (χ1) is 12.7. The van der Waals surface area contributed by atoms with Crippen LogP contribution in [-0.2, 0) is 13.0 Å². The summed E-state index contributed by atoms with van der Waals surface area (Å²) >= 11 is 0. The fraction of sp³-hybridized carbons (Fsp3) is 0.280. The number of unbranched alkanes of at least 4 members (excludes halogenated alkanes) is 1. The van der Waals surface area contributed by atoms with Gasteiger partial charge in [0.05, 0.1) is 0 Å². The predicted molar refractivity (Wildman–Crippen MR) is 114 cm³/mol. The van der Waals surface area contributed by atoms with E-state index < -0.39 is 0 Å². The van der Waals surface area contributed by atoms with Gasteiger partial charge in [-0.25, -0.2) is 0 Å². The van der Waals surface area contributed by atoms with Gasteiger partial charge in [-0.3, -0.25) is 0 Å². The van der Waals surface area contributed by atoms with Crippen molar-refractivity contribution in [2.45, 2.75) is 46.6 Å². The van der Waals surface area contributed by atoms with Crippen molar-refractivity contribution < 1.29 is 0 Å². The quantitative estimate of drug-likeness (QED) is 0.364. The molecule has 0 saturated carbocycles. The highest BCUT2D eigenvalue weighted by molar-refractivity contribution is 6.11. The maximum absolute atomic E-state index is 2.48. The fourth-order valence-electron chi connectivity index (χ4n) is 4.13. The molecule has 0 saturated heterocycles. The van der Waals surface area contributed by atoms with Gasteiger partial charge in [-0.1, -0.05) is 61.4 Å². The number of rotatable bonds is 5. The Morgan fingerprint density at radius 2 is 1.62 bits per heavy atom. The minimum Gasteiger partial charge on any atom is -0.341 e. The molecule has 0 radical (unpaired) electrons. The third-order valence-electron chi connectivity index (χ3n) is 5.43. The largest absolute Gasteiger partial charge is 0.341 e. The van der Waals surface area contributed by atoms with Crippen LogP contribution in [0.4, 0.5) is 0 Å². The zero-order valence-electron chi connectivity index (χ0n) is 16.0. The molecule has 0 bridgehead atoms. The molecule has 0 aliphatic rings. The number of aryl methyl sites for hydroxylation is 3. The summed E-state index contributed by atoms with van der Waals surface area (Å²) in [5, 5.41) is 2.87. The molecule has 0 aliphatic carbocycles. The van der Waals surface area contributed by atoms with Crippen LogP contribution in [0, 0.1) is 6.92 Å². The normalized spacial score (nSPS) is 11.5. The molecule has 0 aliphatic heterocycles. The second-order valence-electron chi connectivity index (χ2n) is 7.26. The van der Waals surface area contributed by atoms with Crippen LogP contribution in [0.1, 0.15) is 37.8 Å². The summed E-state index contributed by atoms with van der Waals surface area (Å²) in [5.74, 6) is 0. The van der Waals surface area contributed by atoms with E-state index in [1.54, 1.807) is 0 Å². The molecule has 0 unspecified atom stereocenters. The lowest BCUT2D eigenvalue weighted by Gasteiger charge is -2.10. The average Bonchev–Trinajstić information content (AvgIpc) is 2.99.